The number of imidazole rings is 1. The molecule has 0 radical (unpaired) electrons. The lowest BCUT2D eigenvalue weighted by Gasteiger charge is -2.04. The molecule has 18 heavy (non-hydrogen) atoms. The number of nitrogens with one attached hydrogen (secondary N) is 1. The molecule has 1 aliphatic rings. The van der Waals surface area contributed by atoms with Crippen LogP contribution in [-0.4, -0.2) is 21.0 Å². The number of hydrogen-bond acceptors (Lipinski definition) is 2. The summed E-state index contributed by atoms with van der Waals surface area (Å²) < 4.78 is 0. The number of aromatic amines is 1. The van der Waals surface area contributed by atoms with Crippen molar-refractivity contribution in [1.29, 1.82) is 0 Å². The Hall–Kier alpha value is -2.10. The standard InChI is InChI=1S/C14H14N2O2/c1-9-11(10-5-3-2-4-6-10)16-12(15-9)14(7-8-14)13(17)18/h2-6H,7-8H2,1H3,(H,15,16)(H,17,18). The van der Waals surface area contributed by atoms with Gasteiger partial charge in [0.2, 0.25) is 0 Å². The van der Waals surface area contributed by atoms with Crippen LogP contribution in [0.15, 0.2) is 30.3 Å². The number of rotatable bonds is 3. The van der Waals surface area contributed by atoms with Crippen molar-refractivity contribution < 1.29 is 9.90 Å². The summed E-state index contributed by atoms with van der Waals surface area (Å²) >= 11 is 0. The van der Waals surface area contributed by atoms with E-state index < -0.39 is 11.4 Å². The van der Waals surface area contributed by atoms with Crippen molar-refractivity contribution in [3.63, 3.8) is 0 Å². The summed E-state index contributed by atoms with van der Waals surface area (Å²) in [6, 6.07) is 9.81. The summed E-state index contributed by atoms with van der Waals surface area (Å²) in [4.78, 5) is 18.9. The third-order valence-corrected chi connectivity index (χ3v) is 3.54. The third-order valence-electron chi connectivity index (χ3n) is 3.54. The van der Waals surface area contributed by atoms with Crippen LogP contribution in [0.5, 0.6) is 0 Å². The van der Waals surface area contributed by atoms with Crippen molar-refractivity contribution in [1.82, 2.24) is 9.97 Å². The van der Waals surface area contributed by atoms with Gasteiger partial charge in [-0.3, -0.25) is 4.79 Å². The van der Waals surface area contributed by atoms with Gasteiger partial charge in [-0.15, -0.1) is 0 Å². The topological polar surface area (TPSA) is 66.0 Å². The number of carbonyl (C=O) groups is 1. The molecule has 1 saturated carbocycles. The lowest BCUT2D eigenvalue weighted by Crippen LogP contribution is -2.21. The van der Waals surface area contributed by atoms with Crippen LogP contribution in [0, 0.1) is 6.92 Å². The Bertz CT molecular complexity index is 598. The van der Waals surface area contributed by atoms with E-state index in [1.165, 1.54) is 0 Å². The molecule has 4 heteroatoms. The minimum Gasteiger partial charge on any atom is -0.480 e. The summed E-state index contributed by atoms with van der Waals surface area (Å²) in [5.41, 5.74) is 2.01. The Morgan fingerprint density at radius 2 is 2.00 bits per heavy atom. The van der Waals surface area contributed by atoms with E-state index in [-0.39, 0.29) is 0 Å². The van der Waals surface area contributed by atoms with Gasteiger partial charge in [0, 0.05) is 11.3 Å². The summed E-state index contributed by atoms with van der Waals surface area (Å²) in [5.74, 6) is -0.192. The number of aromatic nitrogens is 2. The third kappa shape index (κ3) is 1.53. The lowest BCUT2D eigenvalue weighted by atomic mass is 10.1. The van der Waals surface area contributed by atoms with Crippen LogP contribution >= 0.6 is 0 Å². The molecule has 0 amide bonds. The maximum atomic E-state index is 11.3. The molecule has 2 N–H and O–H groups in total. The predicted octanol–water partition coefficient (Wildman–Crippen LogP) is 2.50. The van der Waals surface area contributed by atoms with Crippen LogP contribution in [0.4, 0.5) is 0 Å². The largest absolute Gasteiger partial charge is 0.480 e. The summed E-state index contributed by atoms with van der Waals surface area (Å²) in [6.07, 6.45) is 1.34. The zero-order valence-corrected chi connectivity index (χ0v) is 10.1. The van der Waals surface area contributed by atoms with Crippen molar-refractivity contribution in [3.05, 3.63) is 41.9 Å². The monoisotopic (exact) mass is 242 g/mol. The maximum absolute atomic E-state index is 11.3. The zero-order chi connectivity index (χ0) is 12.8. The molecular formula is C14H14N2O2. The van der Waals surface area contributed by atoms with Gasteiger partial charge in [-0.2, -0.15) is 0 Å². The number of H-pyrrole nitrogens is 1. The fourth-order valence-corrected chi connectivity index (χ4v) is 2.24. The van der Waals surface area contributed by atoms with E-state index in [9.17, 15) is 9.90 Å². The van der Waals surface area contributed by atoms with Gasteiger partial charge in [0.15, 0.2) is 0 Å². The minimum absolute atomic E-state index is 0.589. The second-order valence-electron chi connectivity index (χ2n) is 4.81. The van der Waals surface area contributed by atoms with Crippen molar-refractivity contribution >= 4 is 5.97 Å². The Labute approximate surface area is 105 Å². The SMILES string of the molecule is Cc1[nH]c(C2(C(=O)O)CC2)nc1-c1ccccc1. The van der Waals surface area contributed by atoms with Gasteiger partial charge < -0.3 is 10.1 Å². The molecule has 0 atom stereocenters. The molecule has 1 heterocycles. The van der Waals surface area contributed by atoms with E-state index in [0.717, 1.165) is 17.0 Å². The normalized spacial score (nSPS) is 16.5. The molecule has 92 valence electrons. The Kier molecular flexibility index (Phi) is 2.26. The van der Waals surface area contributed by atoms with Crippen LogP contribution < -0.4 is 0 Å². The molecule has 0 spiro atoms. The van der Waals surface area contributed by atoms with Crippen LogP contribution in [0.2, 0.25) is 0 Å². The second-order valence-corrected chi connectivity index (χ2v) is 4.81. The van der Waals surface area contributed by atoms with Gasteiger partial charge >= 0.3 is 5.97 Å². The first kappa shape index (κ1) is 11.0. The van der Waals surface area contributed by atoms with Crippen molar-refractivity contribution in [2.24, 2.45) is 0 Å². The quantitative estimate of drug-likeness (QED) is 0.869. The number of nitrogens with zero attached hydrogens (tertiary/aromatic N) is 1. The summed E-state index contributed by atoms with van der Waals surface area (Å²) in [6.45, 7) is 1.93. The fraction of sp³-hybridized carbons (Fsp3) is 0.286. The van der Waals surface area contributed by atoms with Crippen molar-refractivity contribution in [2.45, 2.75) is 25.2 Å². The highest BCUT2D eigenvalue weighted by Crippen LogP contribution is 2.47. The van der Waals surface area contributed by atoms with Gasteiger partial charge in [-0.1, -0.05) is 30.3 Å². The van der Waals surface area contributed by atoms with E-state index in [2.05, 4.69) is 9.97 Å². The maximum Gasteiger partial charge on any atom is 0.317 e. The summed E-state index contributed by atoms with van der Waals surface area (Å²) in [7, 11) is 0. The molecule has 0 unspecified atom stereocenters. The first-order valence-electron chi connectivity index (χ1n) is 5.99. The average Bonchev–Trinajstić information content (AvgIpc) is 3.09. The van der Waals surface area contributed by atoms with Gasteiger partial charge in [0.1, 0.15) is 11.2 Å². The molecule has 1 aliphatic carbocycles. The molecule has 1 aromatic carbocycles. The highest BCUT2D eigenvalue weighted by molar-refractivity contribution is 5.84. The van der Waals surface area contributed by atoms with Crippen LogP contribution in [0.3, 0.4) is 0 Å². The number of benzene rings is 1. The average molecular weight is 242 g/mol. The Balaban J connectivity index is 2.05. The van der Waals surface area contributed by atoms with Crippen LogP contribution in [0.25, 0.3) is 11.3 Å². The Morgan fingerprint density at radius 3 is 2.56 bits per heavy atom. The molecule has 3 rings (SSSR count). The molecule has 4 nitrogen and oxygen atoms in total. The number of carboxylic acid groups (broad SMARTS) is 1. The highest BCUT2D eigenvalue weighted by Gasteiger charge is 2.54. The van der Waals surface area contributed by atoms with Gasteiger partial charge in [0.05, 0.1) is 5.69 Å². The zero-order valence-electron chi connectivity index (χ0n) is 10.1. The molecule has 1 aromatic heterocycles. The molecule has 1 fully saturated rings. The number of aliphatic carboxylic acids is 1. The predicted molar refractivity (Wildman–Crippen MR) is 67.3 cm³/mol. The van der Waals surface area contributed by atoms with E-state index in [0.29, 0.717) is 18.7 Å². The number of hydrogen-bond donors (Lipinski definition) is 2. The highest BCUT2D eigenvalue weighted by atomic mass is 16.4. The molecule has 0 aliphatic heterocycles. The number of carboxylic acids is 1. The van der Waals surface area contributed by atoms with Gasteiger partial charge in [-0.05, 0) is 19.8 Å². The first-order valence-corrected chi connectivity index (χ1v) is 5.99. The number of aryl methyl sites for hydroxylation is 1. The minimum atomic E-state index is -0.782. The lowest BCUT2D eigenvalue weighted by molar-refractivity contribution is -0.140. The van der Waals surface area contributed by atoms with Crippen LogP contribution in [-0.2, 0) is 10.2 Å². The van der Waals surface area contributed by atoms with Crippen molar-refractivity contribution in [3.8, 4) is 11.3 Å². The first-order chi connectivity index (χ1) is 8.63. The smallest absolute Gasteiger partial charge is 0.317 e. The van der Waals surface area contributed by atoms with E-state index in [1.54, 1.807) is 0 Å². The molecule has 0 saturated heterocycles. The Morgan fingerprint density at radius 1 is 1.33 bits per heavy atom. The second kappa shape index (κ2) is 3.70. The van der Waals surface area contributed by atoms with Gasteiger partial charge in [-0.25, -0.2) is 4.98 Å². The van der Waals surface area contributed by atoms with E-state index >= 15 is 0 Å². The van der Waals surface area contributed by atoms with Gasteiger partial charge in [0.25, 0.3) is 0 Å². The molecule has 0 bridgehead atoms. The summed E-state index contributed by atoms with van der Waals surface area (Å²) in [5, 5.41) is 9.27. The molecular weight excluding hydrogens is 228 g/mol. The van der Waals surface area contributed by atoms with Crippen molar-refractivity contribution in [2.75, 3.05) is 0 Å². The molecule has 2 aromatic rings. The fourth-order valence-electron chi connectivity index (χ4n) is 2.24. The van der Waals surface area contributed by atoms with E-state index in [4.69, 9.17) is 0 Å². The van der Waals surface area contributed by atoms with E-state index in [1.807, 2.05) is 37.3 Å². The van der Waals surface area contributed by atoms with Crippen LogP contribution in [0.1, 0.15) is 24.4 Å².